The molecule has 0 radical (unpaired) electrons. The molecule has 5 amide bonds. The van der Waals surface area contributed by atoms with Gasteiger partial charge in [0, 0.05) is 94.7 Å². The topological polar surface area (TPSA) is 209 Å². The quantitative estimate of drug-likeness (QED) is 0.0375. The Hall–Kier alpha value is -3.59. The molecule has 18 nitrogen and oxygen atoms in total. The maximum absolute atomic E-state index is 13.3. The Morgan fingerprint density at radius 2 is 1.74 bits per heavy atom. The van der Waals surface area contributed by atoms with E-state index in [4.69, 9.17) is 4.74 Å². The first-order chi connectivity index (χ1) is 31.7. The molecule has 0 bridgehead atoms. The van der Waals surface area contributed by atoms with Crippen LogP contribution in [0, 0.1) is 5.92 Å². The van der Waals surface area contributed by atoms with E-state index in [-0.39, 0.29) is 35.9 Å². The Labute approximate surface area is 385 Å². The van der Waals surface area contributed by atoms with E-state index >= 15 is 0 Å². The van der Waals surface area contributed by atoms with Crippen molar-refractivity contribution in [2.24, 2.45) is 5.92 Å². The highest BCUT2D eigenvalue weighted by Gasteiger charge is 2.58. The minimum Gasteiger partial charge on any atom is -0.382 e. The van der Waals surface area contributed by atoms with E-state index in [1.165, 1.54) is 64.2 Å². The Bertz CT molecular complexity index is 1830. The second kappa shape index (κ2) is 22.5. The molecule has 0 spiro atoms. The van der Waals surface area contributed by atoms with Gasteiger partial charge in [0.25, 0.3) is 11.8 Å². The molecule has 2 aliphatic carbocycles. The Morgan fingerprint density at radius 1 is 0.923 bits per heavy atom. The average molecular weight is 906 g/mol. The Balaban J connectivity index is 0.688. The van der Waals surface area contributed by atoms with Crippen molar-refractivity contribution in [1.29, 1.82) is 0 Å². The summed E-state index contributed by atoms with van der Waals surface area (Å²) in [6.07, 6.45) is 18.9. The number of hydrazine groups is 2. The van der Waals surface area contributed by atoms with Crippen LogP contribution < -0.4 is 48.3 Å². The third-order valence-electron chi connectivity index (χ3n) is 15.6. The van der Waals surface area contributed by atoms with Gasteiger partial charge >= 0.3 is 0 Å². The van der Waals surface area contributed by atoms with Crippen LogP contribution in [0.15, 0.2) is 18.2 Å². The number of anilines is 1. The third-order valence-corrected chi connectivity index (χ3v) is 15.6. The predicted octanol–water partition coefficient (Wildman–Crippen LogP) is 2.10. The molecule has 8 rings (SSSR count). The van der Waals surface area contributed by atoms with E-state index in [2.05, 4.69) is 67.1 Å². The first-order valence-electron chi connectivity index (χ1n) is 25.3. The minimum atomic E-state index is -1.00. The molecule has 65 heavy (non-hydrogen) atoms. The molecule has 0 aromatic heterocycles. The lowest BCUT2D eigenvalue weighted by molar-refractivity contribution is -1.03. The van der Waals surface area contributed by atoms with Crippen LogP contribution in [-0.2, 0) is 19.1 Å². The maximum Gasteiger partial charge on any atom is 0.264 e. The van der Waals surface area contributed by atoms with Crippen molar-refractivity contribution in [2.45, 2.75) is 172 Å². The standard InChI is InChI=1S/C47H76N12O6/c1-3-31(4-2)38-28-41(59(40(53-38)19-22-51-59)35-11-7-5-6-8-12-35)52-33-16-15-32(27-33)50-29-43(61)49-21-10-24-57-30-34(55-56-57)20-25-65-26-23-48-37-14-9-13-36-44(37)47(64)58(46(36)63)39-17-18-42(60)54-45(39)62/h9,13-14,31-35,38-41,50-53H,3-8,10-12,15-30H2,1-2H3,(H4-,48,49,54,55,56,60,61,62,63,64)/p+1/t32-,33-,34?,38?,39?,40?,41?,59?/m0/s1. The van der Waals surface area contributed by atoms with Gasteiger partial charge in [-0.15, -0.1) is 0 Å². The molecule has 1 aromatic rings. The van der Waals surface area contributed by atoms with Crippen LogP contribution in [0.2, 0.25) is 0 Å². The van der Waals surface area contributed by atoms with E-state index in [1.807, 2.05) is 0 Å². The summed E-state index contributed by atoms with van der Waals surface area (Å²) < 4.78 is 6.92. The summed E-state index contributed by atoms with van der Waals surface area (Å²) in [6, 6.07) is 6.26. The second-order valence-corrected chi connectivity index (χ2v) is 19.7. The Morgan fingerprint density at radius 3 is 2.54 bits per heavy atom. The van der Waals surface area contributed by atoms with E-state index in [0.717, 1.165) is 61.2 Å². The summed E-state index contributed by atoms with van der Waals surface area (Å²) >= 11 is 0. The predicted molar refractivity (Wildman–Crippen MR) is 246 cm³/mol. The van der Waals surface area contributed by atoms with Crippen molar-refractivity contribution in [3.05, 3.63) is 29.3 Å². The maximum atomic E-state index is 13.3. The molecule has 7 aliphatic rings. The van der Waals surface area contributed by atoms with Gasteiger partial charge in [0.15, 0.2) is 12.3 Å². The highest BCUT2D eigenvalue weighted by Crippen LogP contribution is 2.40. The third kappa shape index (κ3) is 11.1. The molecule has 4 saturated heterocycles. The van der Waals surface area contributed by atoms with Crippen LogP contribution in [0.5, 0.6) is 0 Å². The first kappa shape index (κ1) is 47.9. The summed E-state index contributed by atoms with van der Waals surface area (Å²) in [4.78, 5) is 64.4. The summed E-state index contributed by atoms with van der Waals surface area (Å²) in [5.41, 5.74) is 11.7. The zero-order valence-electron chi connectivity index (χ0n) is 38.9. The molecular formula is C47H77N12O6+. The number of imide groups is 2. The molecule has 6 unspecified atom stereocenters. The number of ether oxygens (including phenoxy) is 1. The lowest BCUT2D eigenvalue weighted by Gasteiger charge is -2.55. The lowest BCUT2D eigenvalue weighted by atomic mass is 9.86. The lowest BCUT2D eigenvalue weighted by Crippen LogP contribution is -2.80. The summed E-state index contributed by atoms with van der Waals surface area (Å²) in [7, 11) is 0. The summed E-state index contributed by atoms with van der Waals surface area (Å²) in [6.45, 7) is 9.75. The fourth-order valence-electron chi connectivity index (χ4n) is 12.2. The molecule has 5 aliphatic heterocycles. The van der Waals surface area contributed by atoms with Crippen molar-refractivity contribution >= 4 is 35.2 Å². The number of benzene rings is 1. The van der Waals surface area contributed by atoms with E-state index < -0.39 is 29.7 Å². The van der Waals surface area contributed by atoms with Gasteiger partial charge in [-0.2, -0.15) is 11.0 Å². The van der Waals surface area contributed by atoms with Crippen molar-refractivity contribution in [3.8, 4) is 0 Å². The van der Waals surface area contributed by atoms with Crippen LogP contribution in [0.3, 0.4) is 0 Å². The van der Waals surface area contributed by atoms with Crippen molar-refractivity contribution < 1.29 is 33.3 Å². The number of amides is 5. The average Bonchev–Trinajstić information content (AvgIpc) is 4.07. The number of quaternary nitrogens is 1. The Kier molecular flexibility index (Phi) is 16.6. The van der Waals surface area contributed by atoms with Crippen LogP contribution >= 0.6 is 0 Å². The van der Waals surface area contributed by atoms with Gasteiger partial charge < -0.3 is 20.7 Å². The highest BCUT2D eigenvalue weighted by atomic mass is 16.5. The zero-order valence-corrected chi connectivity index (χ0v) is 38.9. The smallest absolute Gasteiger partial charge is 0.264 e. The zero-order chi connectivity index (χ0) is 45.3. The van der Waals surface area contributed by atoms with Gasteiger partial charge in [-0.1, -0.05) is 45.6 Å². The number of hydrogen-bond donors (Lipinski definition) is 9. The number of carbonyl (C=O) groups is 5. The monoisotopic (exact) mass is 906 g/mol. The minimum absolute atomic E-state index is 0.0534. The number of nitrogens with zero attached hydrogens (tertiary/aromatic N) is 3. The number of rotatable bonds is 21. The van der Waals surface area contributed by atoms with Crippen LogP contribution in [0.4, 0.5) is 5.69 Å². The van der Waals surface area contributed by atoms with Gasteiger partial charge in [-0.3, -0.25) is 44.8 Å². The molecule has 9 N–H and O–H groups in total. The molecule has 6 fully saturated rings. The molecule has 18 heteroatoms. The van der Waals surface area contributed by atoms with Crippen molar-refractivity contribution in [3.63, 3.8) is 0 Å². The van der Waals surface area contributed by atoms with E-state index in [1.54, 1.807) is 18.2 Å². The summed E-state index contributed by atoms with van der Waals surface area (Å²) in [5, 5.41) is 22.8. The van der Waals surface area contributed by atoms with Crippen LogP contribution in [0.1, 0.15) is 144 Å². The summed E-state index contributed by atoms with van der Waals surface area (Å²) in [5.74, 6) is -1.34. The van der Waals surface area contributed by atoms with E-state index in [9.17, 15) is 24.0 Å². The van der Waals surface area contributed by atoms with Gasteiger partial charge in [0.05, 0.1) is 30.8 Å². The largest absolute Gasteiger partial charge is 0.382 e. The number of carbonyl (C=O) groups excluding carboxylic acids is 5. The normalized spacial score (nSPS) is 31.1. The number of fused-ring (bicyclic) bond motifs is 2. The fraction of sp³-hybridized carbons (Fsp3) is 0.766. The number of nitrogens with one attached hydrogen (secondary N) is 9. The van der Waals surface area contributed by atoms with Crippen molar-refractivity contribution in [2.75, 3.05) is 57.8 Å². The number of hydrogen-bond acceptors (Lipinski definition) is 14. The number of piperidine rings is 1. The molecule has 8 atom stereocenters. The second-order valence-electron chi connectivity index (χ2n) is 19.7. The SMILES string of the molecule is CCC(CC)C1CC(N[C@H]2CC[C@H](NCC(=O)NCCCN3CC(CCOCCNc4cccc5c4C(=O)N(C4CCC(=O)NC4=O)C5=O)NN3)C2)[N+]2(C3CCCCCC3)NCCC2N1. The van der Waals surface area contributed by atoms with E-state index in [0.29, 0.717) is 81.0 Å². The molecule has 1 aromatic carbocycles. The first-order valence-corrected chi connectivity index (χ1v) is 25.3. The molecule has 360 valence electrons. The highest BCUT2D eigenvalue weighted by molar-refractivity contribution is 6.25. The van der Waals surface area contributed by atoms with Crippen molar-refractivity contribution in [1.82, 2.24) is 52.9 Å². The van der Waals surface area contributed by atoms with Crippen LogP contribution in [-0.4, -0.2) is 145 Å². The van der Waals surface area contributed by atoms with Gasteiger partial charge in [-0.25, -0.2) is 15.0 Å². The van der Waals surface area contributed by atoms with Gasteiger partial charge in [-0.05, 0) is 69.4 Å². The molecular weight excluding hydrogens is 829 g/mol. The molecule has 5 heterocycles. The van der Waals surface area contributed by atoms with Gasteiger partial charge in [0.2, 0.25) is 17.7 Å². The van der Waals surface area contributed by atoms with Crippen LogP contribution in [0.25, 0.3) is 0 Å². The van der Waals surface area contributed by atoms with Gasteiger partial charge in [0.1, 0.15) is 12.1 Å². The molecule has 2 saturated carbocycles. The fourth-order valence-corrected chi connectivity index (χ4v) is 12.2.